The van der Waals surface area contributed by atoms with E-state index in [-0.39, 0.29) is 5.54 Å². The summed E-state index contributed by atoms with van der Waals surface area (Å²) in [5, 5.41) is 22.9. The summed E-state index contributed by atoms with van der Waals surface area (Å²) < 4.78 is 14.9. The van der Waals surface area contributed by atoms with Gasteiger partial charge in [0, 0.05) is 66.9 Å². The highest BCUT2D eigenvalue weighted by atomic mass is 16.5. The monoisotopic (exact) mass is 1040 g/mol. The molecule has 0 amide bonds. The lowest BCUT2D eigenvalue weighted by Gasteiger charge is -2.38. The molecule has 0 aliphatic carbocycles. The van der Waals surface area contributed by atoms with Crippen molar-refractivity contribution >= 4 is 87.4 Å². The molecule has 8 nitrogen and oxygen atoms in total. The number of para-hydroxylation sites is 5. The number of nitrogens with zero attached hydrogens (tertiary/aromatic N) is 4. The van der Waals surface area contributed by atoms with E-state index < -0.39 is 0 Å². The van der Waals surface area contributed by atoms with Crippen molar-refractivity contribution in [2.75, 3.05) is 9.80 Å². The molecule has 80 heavy (non-hydrogen) atoms. The summed E-state index contributed by atoms with van der Waals surface area (Å²) in [4.78, 5) is 4.51. The SMILES string of the molecule is CC(C)(C)N(c1ccc(O[B]O)cc1)c1ccc(-c2ccc3c(c2)c2ccccc2n3-c2ccccc2)cc1.O[B]Oc1ccc(N(c2ccccc2)c2ccc(-c3ccc4c(c3)c3ccccc3n4-c3ccccc3)cc2)cc1. The molecule has 0 aliphatic rings. The van der Waals surface area contributed by atoms with Gasteiger partial charge in [-0.1, -0.05) is 127 Å². The molecule has 0 bridgehead atoms. The minimum absolute atomic E-state index is 0.148. The highest BCUT2D eigenvalue weighted by Crippen LogP contribution is 2.41. The fraction of sp³-hybridized carbons (Fsp3) is 0.0571. The summed E-state index contributed by atoms with van der Waals surface area (Å²) in [6.07, 6.45) is 0. The quantitative estimate of drug-likeness (QED) is 0.112. The second-order valence-corrected chi connectivity index (χ2v) is 20.5. The van der Waals surface area contributed by atoms with Gasteiger partial charge in [-0.2, -0.15) is 0 Å². The lowest BCUT2D eigenvalue weighted by Crippen LogP contribution is -2.37. The van der Waals surface area contributed by atoms with E-state index >= 15 is 0 Å². The average Bonchev–Trinajstić information content (AvgIpc) is 4.02. The second-order valence-electron chi connectivity index (χ2n) is 20.5. The Morgan fingerprint density at radius 2 is 0.650 bits per heavy atom. The van der Waals surface area contributed by atoms with Gasteiger partial charge in [-0.3, -0.25) is 0 Å². The summed E-state index contributed by atoms with van der Waals surface area (Å²) in [7, 11) is 1.39. The van der Waals surface area contributed by atoms with Crippen molar-refractivity contribution in [3.8, 4) is 45.1 Å². The van der Waals surface area contributed by atoms with Crippen molar-refractivity contribution in [1.82, 2.24) is 9.13 Å². The third-order valence-corrected chi connectivity index (χ3v) is 14.5. The maximum absolute atomic E-state index is 8.98. The smallest absolute Gasteiger partial charge is 0.537 e. The maximum Gasteiger partial charge on any atom is 0.569 e. The zero-order valence-corrected chi connectivity index (χ0v) is 44.6. The fourth-order valence-corrected chi connectivity index (χ4v) is 11.0. The highest BCUT2D eigenvalue weighted by molar-refractivity contribution is 6.17. The zero-order valence-electron chi connectivity index (χ0n) is 44.6. The van der Waals surface area contributed by atoms with Crippen molar-refractivity contribution in [3.05, 3.63) is 273 Å². The molecule has 2 aromatic heterocycles. The summed E-state index contributed by atoms with van der Waals surface area (Å²) in [6, 6.07) is 94.9. The minimum Gasteiger partial charge on any atom is -0.537 e. The van der Waals surface area contributed by atoms with Gasteiger partial charge in [0.1, 0.15) is 11.5 Å². The molecule has 11 aromatic carbocycles. The Labute approximate surface area is 467 Å². The van der Waals surface area contributed by atoms with Crippen LogP contribution in [0.1, 0.15) is 20.8 Å². The normalized spacial score (nSPS) is 11.3. The average molecular weight is 1040 g/mol. The molecule has 2 heterocycles. The van der Waals surface area contributed by atoms with Crippen LogP contribution in [0.15, 0.2) is 273 Å². The Morgan fingerprint density at radius 3 is 1.06 bits per heavy atom. The molecule has 2 radical (unpaired) electrons. The first kappa shape index (κ1) is 51.1. The molecule has 10 heteroatoms. The first-order valence-corrected chi connectivity index (χ1v) is 26.7. The van der Waals surface area contributed by atoms with Crippen molar-refractivity contribution in [2.24, 2.45) is 0 Å². The van der Waals surface area contributed by atoms with Gasteiger partial charge < -0.3 is 38.3 Å². The van der Waals surface area contributed by atoms with Crippen molar-refractivity contribution in [2.45, 2.75) is 26.3 Å². The Bertz CT molecular complexity index is 4220. The maximum atomic E-state index is 8.98. The molecule has 0 aliphatic heterocycles. The Kier molecular flexibility index (Phi) is 14.2. The summed E-state index contributed by atoms with van der Waals surface area (Å²) in [5.74, 6) is 1.16. The van der Waals surface area contributed by atoms with E-state index in [0.717, 1.165) is 45.4 Å². The predicted octanol–water partition coefficient (Wildman–Crippen LogP) is 17.1. The molecule has 2 N–H and O–H groups in total. The highest BCUT2D eigenvalue weighted by Gasteiger charge is 2.24. The van der Waals surface area contributed by atoms with Gasteiger partial charge in [-0.25, -0.2) is 0 Å². The fourth-order valence-electron chi connectivity index (χ4n) is 11.0. The second kappa shape index (κ2) is 22.3. The van der Waals surface area contributed by atoms with Crippen LogP contribution in [-0.2, 0) is 0 Å². The van der Waals surface area contributed by atoms with Crippen LogP contribution in [0.4, 0.5) is 28.4 Å². The van der Waals surface area contributed by atoms with E-state index in [1.807, 2.05) is 66.7 Å². The molecule has 0 fully saturated rings. The van der Waals surface area contributed by atoms with Crippen molar-refractivity contribution < 1.29 is 19.4 Å². The summed E-state index contributed by atoms with van der Waals surface area (Å²) in [6.45, 7) is 6.59. The first-order chi connectivity index (χ1) is 39.2. The van der Waals surface area contributed by atoms with E-state index in [2.05, 4.69) is 246 Å². The number of rotatable bonds is 13. The molecule has 13 aromatic rings. The Hall–Kier alpha value is -9.73. The number of hydrogen-bond acceptors (Lipinski definition) is 6. The van der Waals surface area contributed by atoms with Crippen LogP contribution in [0, 0.1) is 0 Å². The van der Waals surface area contributed by atoms with Gasteiger partial charge >= 0.3 is 15.4 Å². The van der Waals surface area contributed by atoms with Gasteiger partial charge in [0.15, 0.2) is 0 Å². The van der Waals surface area contributed by atoms with Gasteiger partial charge in [-0.15, -0.1) is 0 Å². The number of anilines is 5. The molecule has 0 unspecified atom stereocenters. The number of benzene rings is 11. The van der Waals surface area contributed by atoms with Crippen LogP contribution in [0.5, 0.6) is 11.5 Å². The number of hydrogen-bond donors (Lipinski definition) is 2. The molecular weight excluding hydrogens is 982 g/mol. The van der Waals surface area contributed by atoms with Crippen molar-refractivity contribution in [3.63, 3.8) is 0 Å². The number of fused-ring (bicyclic) bond motifs is 6. The third kappa shape index (κ3) is 10.2. The van der Waals surface area contributed by atoms with Crippen LogP contribution < -0.4 is 19.1 Å². The molecule has 0 spiro atoms. The standard InChI is InChI=1S/C36H26BN2O2.C34H30BN2O2/c40-37-41-32-22-20-31(21-23-32)38(28-9-3-1-4-10-28)30-18-15-26(16-19-30)27-17-24-36-34(25-27)33-13-7-8-14-35(33)39(36)29-11-5-2-6-12-29;1-34(2,3)37(28-18-20-29(21-19-28)39-35-38)27-16-13-24(14-17-27)25-15-22-33-31(23-25)30-11-7-8-12-32(30)36(33)26-9-5-4-6-10-26/h1-25,40H;4-23,38H,1-3H3. The van der Waals surface area contributed by atoms with Crippen LogP contribution >= 0.6 is 0 Å². The topological polar surface area (TPSA) is 75.3 Å². The van der Waals surface area contributed by atoms with Crippen LogP contribution in [0.25, 0.3) is 77.2 Å². The molecule has 0 saturated carbocycles. The van der Waals surface area contributed by atoms with Gasteiger partial charge in [0.05, 0.1) is 22.1 Å². The lowest BCUT2D eigenvalue weighted by atomic mass is 10.00. The Balaban J connectivity index is 0.000000159. The van der Waals surface area contributed by atoms with E-state index in [9.17, 15) is 0 Å². The lowest BCUT2D eigenvalue weighted by molar-refractivity contribution is 0.453. The molecule has 0 saturated heterocycles. The third-order valence-electron chi connectivity index (χ3n) is 14.5. The van der Waals surface area contributed by atoms with Gasteiger partial charge in [0.25, 0.3) is 0 Å². The van der Waals surface area contributed by atoms with Crippen molar-refractivity contribution in [1.29, 1.82) is 0 Å². The van der Waals surface area contributed by atoms with Gasteiger partial charge in [0.2, 0.25) is 0 Å². The van der Waals surface area contributed by atoms with E-state index in [4.69, 9.17) is 19.4 Å². The molecule has 386 valence electrons. The van der Waals surface area contributed by atoms with Crippen LogP contribution in [0.2, 0.25) is 0 Å². The summed E-state index contributed by atoms with van der Waals surface area (Å²) >= 11 is 0. The Morgan fingerprint density at radius 1 is 0.325 bits per heavy atom. The molecular formula is C70H56B2N4O4. The predicted molar refractivity (Wildman–Crippen MR) is 333 cm³/mol. The first-order valence-electron chi connectivity index (χ1n) is 26.7. The largest absolute Gasteiger partial charge is 0.569 e. The van der Waals surface area contributed by atoms with E-state index in [0.29, 0.717) is 26.9 Å². The number of aromatic nitrogens is 2. The zero-order chi connectivity index (χ0) is 54.6. The van der Waals surface area contributed by atoms with E-state index in [1.165, 1.54) is 60.3 Å². The molecule has 13 rings (SSSR count). The molecule has 0 atom stereocenters. The van der Waals surface area contributed by atoms with Crippen LogP contribution in [-0.4, -0.2) is 40.1 Å². The summed E-state index contributed by atoms with van der Waals surface area (Å²) in [5.41, 5.74) is 16.9. The minimum atomic E-state index is -0.148. The van der Waals surface area contributed by atoms with Crippen LogP contribution in [0.3, 0.4) is 0 Å². The van der Waals surface area contributed by atoms with E-state index in [1.54, 1.807) is 0 Å². The van der Waals surface area contributed by atoms with Gasteiger partial charge in [-0.05, 0) is 189 Å².